The minimum Gasteiger partial charge on any atom is -0.396 e. The van der Waals surface area contributed by atoms with Gasteiger partial charge in [0.1, 0.15) is 0 Å². The number of aliphatic hydroxyl groups is 1. The first-order chi connectivity index (χ1) is 8.20. The Morgan fingerprint density at radius 2 is 2.47 bits per heavy atom. The summed E-state index contributed by atoms with van der Waals surface area (Å²) in [7, 11) is 0. The fourth-order valence-electron chi connectivity index (χ4n) is 2.19. The van der Waals surface area contributed by atoms with E-state index in [1.807, 2.05) is 6.07 Å². The molecule has 0 radical (unpaired) electrons. The number of aryl methyl sites for hydroxylation is 1. The lowest BCUT2D eigenvalue weighted by molar-refractivity contribution is 0.0955. The molecule has 0 saturated heterocycles. The molecule has 94 valence electrons. The number of aliphatic hydroxyl groups excluding tert-OH is 1. The summed E-state index contributed by atoms with van der Waals surface area (Å²) in [5.41, 5.74) is 1.36. The molecule has 2 N–H and O–H groups in total. The molecule has 0 saturated carbocycles. The molecule has 1 aromatic rings. The largest absolute Gasteiger partial charge is 0.396 e. The molecule has 0 spiro atoms. The van der Waals surface area contributed by atoms with Gasteiger partial charge in [0, 0.05) is 18.0 Å². The van der Waals surface area contributed by atoms with Gasteiger partial charge in [0.15, 0.2) is 0 Å². The molecule has 4 heteroatoms. The third-order valence-corrected chi connectivity index (χ3v) is 4.41. The number of nitrogens with one attached hydrogen (secondary N) is 1. The molecule has 0 fully saturated rings. The van der Waals surface area contributed by atoms with Crippen LogP contribution in [0.15, 0.2) is 6.07 Å². The van der Waals surface area contributed by atoms with E-state index in [0.717, 1.165) is 23.6 Å². The Morgan fingerprint density at radius 1 is 1.65 bits per heavy atom. The van der Waals surface area contributed by atoms with Gasteiger partial charge in [0.25, 0.3) is 5.91 Å². The quantitative estimate of drug-likeness (QED) is 0.806. The van der Waals surface area contributed by atoms with Crippen molar-refractivity contribution >= 4 is 17.2 Å². The SMILES string of the molecule is C[C@@H]1CCc2sc(C(=O)NCCCO)cc2C1. The molecule has 0 aliphatic heterocycles. The van der Waals surface area contributed by atoms with Crippen molar-refractivity contribution in [3.05, 3.63) is 21.4 Å². The van der Waals surface area contributed by atoms with Crippen molar-refractivity contribution in [1.29, 1.82) is 0 Å². The van der Waals surface area contributed by atoms with Crippen molar-refractivity contribution < 1.29 is 9.90 Å². The molecule has 0 bridgehead atoms. The van der Waals surface area contributed by atoms with Crippen LogP contribution in [0, 0.1) is 5.92 Å². The van der Waals surface area contributed by atoms with Gasteiger partial charge in [-0.05, 0) is 43.2 Å². The van der Waals surface area contributed by atoms with Crippen LogP contribution in [0.25, 0.3) is 0 Å². The van der Waals surface area contributed by atoms with E-state index < -0.39 is 0 Å². The van der Waals surface area contributed by atoms with Crippen molar-refractivity contribution in [2.45, 2.75) is 32.6 Å². The second kappa shape index (κ2) is 5.65. The fraction of sp³-hybridized carbons (Fsp3) is 0.615. The Kier molecular flexibility index (Phi) is 4.18. The fourth-order valence-corrected chi connectivity index (χ4v) is 3.31. The molecule has 17 heavy (non-hydrogen) atoms. The van der Waals surface area contributed by atoms with Gasteiger partial charge in [-0.15, -0.1) is 11.3 Å². The van der Waals surface area contributed by atoms with Crippen LogP contribution in [0.4, 0.5) is 0 Å². The van der Waals surface area contributed by atoms with Crippen molar-refractivity contribution in [2.24, 2.45) is 5.92 Å². The van der Waals surface area contributed by atoms with Gasteiger partial charge < -0.3 is 10.4 Å². The monoisotopic (exact) mass is 253 g/mol. The van der Waals surface area contributed by atoms with Crippen LogP contribution in [0.1, 0.15) is 39.9 Å². The van der Waals surface area contributed by atoms with Crippen molar-refractivity contribution in [1.82, 2.24) is 5.32 Å². The van der Waals surface area contributed by atoms with E-state index >= 15 is 0 Å². The molecular weight excluding hydrogens is 234 g/mol. The Hall–Kier alpha value is -0.870. The second-order valence-electron chi connectivity index (χ2n) is 4.74. The van der Waals surface area contributed by atoms with Crippen molar-refractivity contribution in [3.8, 4) is 0 Å². The molecule has 1 aliphatic rings. The normalized spacial score (nSPS) is 18.8. The lowest BCUT2D eigenvalue weighted by atomic mass is 9.90. The van der Waals surface area contributed by atoms with E-state index in [2.05, 4.69) is 12.2 Å². The summed E-state index contributed by atoms with van der Waals surface area (Å²) in [5.74, 6) is 0.743. The smallest absolute Gasteiger partial charge is 0.261 e. The lowest BCUT2D eigenvalue weighted by Gasteiger charge is -2.16. The molecular formula is C13H19NO2S. The Labute approximate surface area is 106 Å². The Balaban J connectivity index is 2.00. The van der Waals surface area contributed by atoms with Crippen LogP contribution in [0.3, 0.4) is 0 Å². The second-order valence-corrected chi connectivity index (χ2v) is 5.88. The number of hydrogen-bond donors (Lipinski definition) is 2. The van der Waals surface area contributed by atoms with Gasteiger partial charge >= 0.3 is 0 Å². The van der Waals surface area contributed by atoms with Crippen molar-refractivity contribution in [2.75, 3.05) is 13.2 Å². The van der Waals surface area contributed by atoms with Gasteiger partial charge in [-0.1, -0.05) is 6.92 Å². The minimum absolute atomic E-state index is 0.00510. The van der Waals surface area contributed by atoms with Crippen LogP contribution in [0.5, 0.6) is 0 Å². The maximum Gasteiger partial charge on any atom is 0.261 e. The van der Waals surface area contributed by atoms with Crippen LogP contribution < -0.4 is 5.32 Å². The predicted molar refractivity (Wildman–Crippen MR) is 69.5 cm³/mol. The van der Waals surface area contributed by atoms with Gasteiger partial charge in [-0.25, -0.2) is 0 Å². The van der Waals surface area contributed by atoms with Gasteiger partial charge in [-0.3, -0.25) is 4.79 Å². The Bertz CT molecular complexity index is 400. The highest BCUT2D eigenvalue weighted by molar-refractivity contribution is 7.14. The van der Waals surface area contributed by atoms with Crippen LogP contribution >= 0.6 is 11.3 Å². The van der Waals surface area contributed by atoms with E-state index in [1.54, 1.807) is 11.3 Å². The molecule has 1 atom stereocenters. The molecule has 0 aromatic carbocycles. The molecule has 1 heterocycles. The number of carbonyl (C=O) groups is 1. The predicted octanol–water partition coefficient (Wildman–Crippen LogP) is 1.99. The van der Waals surface area contributed by atoms with E-state index in [0.29, 0.717) is 13.0 Å². The lowest BCUT2D eigenvalue weighted by Crippen LogP contribution is -2.24. The zero-order valence-corrected chi connectivity index (χ0v) is 11.0. The molecule has 0 unspecified atom stereocenters. The zero-order chi connectivity index (χ0) is 12.3. The summed E-state index contributed by atoms with van der Waals surface area (Å²) in [6, 6.07) is 2.05. The number of fused-ring (bicyclic) bond motifs is 1. The standard InChI is InChI=1S/C13H19NO2S/c1-9-3-4-11-10(7-9)8-12(17-11)13(16)14-5-2-6-15/h8-9,15H,2-7H2,1H3,(H,14,16)/t9-/m1/s1. The van der Waals surface area contributed by atoms with Crippen LogP contribution in [-0.4, -0.2) is 24.2 Å². The maximum absolute atomic E-state index is 11.8. The molecule has 1 aromatic heterocycles. The number of hydrogen-bond acceptors (Lipinski definition) is 3. The summed E-state index contributed by atoms with van der Waals surface area (Å²) < 4.78 is 0. The molecule has 3 nitrogen and oxygen atoms in total. The summed E-state index contributed by atoms with van der Waals surface area (Å²) in [5, 5.41) is 11.5. The highest BCUT2D eigenvalue weighted by Gasteiger charge is 2.20. The van der Waals surface area contributed by atoms with Gasteiger partial charge in [-0.2, -0.15) is 0 Å². The topological polar surface area (TPSA) is 49.3 Å². The summed E-state index contributed by atoms with van der Waals surface area (Å²) >= 11 is 1.63. The van der Waals surface area contributed by atoms with Gasteiger partial charge in [0.2, 0.25) is 0 Å². The molecule has 1 aliphatic carbocycles. The van der Waals surface area contributed by atoms with E-state index in [4.69, 9.17) is 5.11 Å². The average Bonchev–Trinajstić information content (AvgIpc) is 2.72. The number of rotatable bonds is 4. The first kappa shape index (κ1) is 12.6. The third kappa shape index (κ3) is 3.07. The third-order valence-electron chi connectivity index (χ3n) is 3.17. The van der Waals surface area contributed by atoms with Crippen LogP contribution in [0.2, 0.25) is 0 Å². The number of carbonyl (C=O) groups excluding carboxylic acids is 1. The number of thiophene rings is 1. The average molecular weight is 253 g/mol. The molecule has 2 rings (SSSR count). The van der Waals surface area contributed by atoms with E-state index in [9.17, 15) is 4.79 Å². The van der Waals surface area contributed by atoms with E-state index in [1.165, 1.54) is 16.9 Å². The Morgan fingerprint density at radius 3 is 3.24 bits per heavy atom. The summed E-state index contributed by atoms with van der Waals surface area (Å²) in [6.45, 7) is 2.94. The highest BCUT2D eigenvalue weighted by Crippen LogP contribution is 2.32. The first-order valence-corrected chi connectivity index (χ1v) is 7.03. The first-order valence-electron chi connectivity index (χ1n) is 6.21. The number of amides is 1. The van der Waals surface area contributed by atoms with Gasteiger partial charge in [0.05, 0.1) is 4.88 Å². The highest BCUT2D eigenvalue weighted by atomic mass is 32.1. The molecule has 1 amide bonds. The van der Waals surface area contributed by atoms with E-state index in [-0.39, 0.29) is 12.5 Å². The minimum atomic E-state index is 0.00510. The summed E-state index contributed by atoms with van der Waals surface area (Å²) in [4.78, 5) is 14.0. The van der Waals surface area contributed by atoms with Crippen LogP contribution in [-0.2, 0) is 12.8 Å². The van der Waals surface area contributed by atoms with Crippen molar-refractivity contribution in [3.63, 3.8) is 0 Å². The summed E-state index contributed by atoms with van der Waals surface area (Å²) in [6.07, 6.45) is 4.08. The maximum atomic E-state index is 11.8. The zero-order valence-electron chi connectivity index (χ0n) is 10.2.